The van der Waals surface area contributed by atoms with Crippen molar-refractivity contribution < 1.29 is 9.53 Å². The van der Waals surface area contributed by atoms with Crippen molar-refractivity contribution in [1.29, 1.82) is 5.26 Å². The first-order valence-corrected chi connectivity index (χ1v) is 12.5. The van der Waals surface area contributed by atoms with Crippen molar-refractivity contribution in [1.82, 2.24) is 15.3 Å². The maximum Gasteiger partial charge on any atom is 0.248 e. The number of carbonyl (C=O) groups is 1. The number of anilines is 1. The fourth-order valence-electron chi connectivity index (χ4n) is 4.41. The van der Waals surface area contributed by atoms with Crippen molar-refractivity contribution in [2.75, 3.05) is 31.6 Å². The summed E-state index contributed by atoms with van der Waals surface area (Å²) >= 11 is 0. The number of nitrogens with zero attached hydrogens (tertiary/aromatic N) is 3. The third-order valence-electron chi connectivity index (χ3n) is 6.12. The molecule has 8 heteroatoms. The van der Waals surface area contributed by atoms with Crippen molar-refractivity contribution in [2.45, 2.75) is 32.7 Å². The van der Waals surface area contributed by atoms with Gasteiger partial charge in [-0.1, -0.05) is 29.8 Å². The van der Waals surface area contributed by atoms with Gasteiger partial charge in [-0.25, -0.2) is 4.98 Å². The normalized spacial score (nSPS) is 11.0. The monoisotopic (exact) mass is 496 g/mol. The quantitative estimate of drug-likeness (QED) is 0.187. The third kappa shape index (κ3) is 7.00. The summed E-state index contributed by atoms with van der Waals surface area (Å²) in [5, 5.41) is 18.6. The van der Waals surface area contributed by atoms with Crippen molar-refractivity contribution in [3.8, 4) is 6.07 Å². The van der Waals surface area contributed by atoms with Crippen LogP contribution in [0.4, 0.5) is 5.82 Å². The molecule has 0 unspecified atom stereocenters. The lowest BCUT2D eigenvalue weighted by atomic mass is 10.0. The second kappa shape index (κ2) is 12.8. The Labute approximate surface area is 216 Å². The predicted molar refractivity (Wildman–Crippen MR) is 146 cm³/mol. The smallest absolute Gasteiger partial charge is 0.248 e. The van der Waals surface area contributed by atoms with Gasteiger partial charge in [-0.05, 0) is 55.6 Å². The number of primary amides is 1. The highest BCUT2D eigenvalue weighted by molar-refractivity contribution is 6.11. The van der Waals surface area contributed by atoms with Gasteiger partial charge in [0.25, 0.3) is 0 Å². The van der Waals surface area contributed by atoms with Crippen molar-refractivity contribution in [3.05, 3.63) is 77.1 Å². The fourth-order valence-corrected chi connectivity index (χ4v) is 4.41. The number of benzene rings is 2. The lowest BCUT2D eigenvalue weighted by molar-refractivity contribution is 0.100. The highest BCUT2D eigenvalue weighted by atomic mass is 16.5. The molecule has 0 saturated carbocycles. The first-order valence-electron chi connectivity index (χ1n) is 12.5. The number of amides is 1. The SMILES string of the molecule is Cc1cc(CC#N)cc(CNCCCCOCCNc2nc3cc(C(N)=O)ccc3c3cnccc23)c1. The maximum absolute atomic E-state index is 11.6. The molecular formula is C29H32N6O2. The molecule has 37 heavy (non-hydrogen) atoms. The summed E-state index contributed by atoms with van der Waals surface area (Å²) in [5.74, 6) is 0.251. The van der Waals surface area contributed by atoms with E-state index in [9.17, 15) is 4.79 Å². The molecule has 4 aromatic rings. The van der Waals surface area contributed by atoms with E-state index in [2.05, 4.69) is 46.8 Å². The Morgan fingerprint density at radius 3 is 2.73 bits per heavy atom. The van der Waals surface area contributed by atoms with Gasteiger partial charge in [-0.2, -0.15) is 5.26 Å². The van der Waals surface area contributed by atoms with Crippen molar-refractivity contribution in [2.24, 2.45) is 5.73 Å². The van der Waals surface area contributed by atoms with Gasteiger partial charge in [0.05, 0.1) is 24.6 Å². The van der Waals surface area contributed by atoms with Gasteiger partial charge in [-0.15, -0.1) is 0 Å². The molecule has 0 atom stereocenters. The van der Waals surface area contributed by atoms with Gasteiger partial charge in [0.1, 0.15) is 5.82 Å². The molecule has 2 aromatic carbocycles. The van der Waals surface area contributed by atoms with Gasteiger partial charge in [0.15, 0.2) is 0 Å². The van der Waals surface area contributed by atoms with Crippen LogP contribution in [0.3, 0.4) is 0 Å². The molecule has 0 bridgehead atoms. The minimum absolute atomic E-state index is 0.426. The van der Waals surface area contributed by atoms with Crippen LogP contribution < -0.4 is 16.4 Å². The minimum Gasteiger partial charge on any atom is -0.380 e. The van der Waals surface area contributed by atoms with E-state index in [0.29, 0.717) is 37.3 Å². The second-order valence-electron chi connectivity index (χ2n) is 9.06. The molecule has 0 radical (unpaired) electrons. The molecule has 4 N–H and O–H groups in total. The van der Waals surface area contributed by atoms with Gasteiger partial charge in [0.2, 0.25) is 5.91 Å². The minimum atomic E-state index is -0.479. The maximum atomic E-state index is 11.6. The Morgan fingerprint density at radius 1 is 1.03 bits per heavy atom. The number of nitriles is 1. The molecule has 0 spiro atoms. The number of carbonyl (C=O) groups excluding carboxylic acids is 1. The molecule has 0 aliphatic heterocycles. The van der Waals surface area contributed by atoms with Crippen LogP contribution in [0, 0.1) is 18.3 Å². The number of hydrogen-bond acceptors (Lipinski definition) is 7. The first-order chi connectivity index (χ1) is 18.0. The zero-order chi connectivity index (χ0) is 26.0. The Morgan fingerprint density at radius 2 is 1.89 bits per heavy atom. The Balaban J connectivity index is 1.20. The fraction of sp³-hybridized carbons (Fsp3) is 0.310. The molecule has 2 heterocycles. The average Bonchev–Trinajstić information content (AvgIpc) is 2.89. The van der Waals surface area contributed by atoms with Crippen LogP contribution in [0.1, 0.15) is 39.9 Å². The number of nitrogens with two attached hydrogens (primary N) is 1. The van der Waals surface area contributed by atoms with Gasteiger partial charge in [-0.3, -0.25) is 9.78 Å². The summed E-state index contributed by atoms with van der Waals surface area (Å²) in [6.07, 6.45) is 5.99. The second-order valence-corrected chi connectivity index (χ2v) is 9.06. The predicted octanol–water partition coefficient (Wildman–Crippen LogP) is 4.25. The van der Waals surface area contributed by atoms with Crippen LogP contribution in [0.15, 0.2) is 54.9 Å². The summed E-state index contributed by atoms with van der Waals surface area (Å²) in [4.78, 5) is 20.6. The molecule has 0 fully saturated rings. The zero-order valence-electron chi connectivity index (χ0n) is 21.1. The molecular weight excluding hydrogens is 464 g/mol. The summed E-state index contributed by atoms with van der Waals surface area (Å²) in [5.41, 5.74) is 10.0. The molecule has 4 rings (SSSR count). The number of fused-ring (bicyclic) bond motifs is 3. The van der Waals surface area contributed by atoms with Gasteiger partial charge in [0, 0.05) is 53.8 Å². The highest BCUT2D eigenvalue weighted by Crippen LogP contribution is 2.29. The standard InChI is InChI=1S/C29H32N6O2/c1-20-14-21(6-8-30)16-22(15-20)18-32-9-2-3-12-37-13-11-34-29-25-7-10-33-19-26(25)24-5-4-23(28(31)36)17-27(24)35-29/h4-5,7,10,14-17,19,32H,2-3,6,9,11-13,18H2,1H3,(H2,31,36)(H,34,35). The highest BCUT2D eigenvalue weighted by Gasteiger charge is 2.10. The van der Waals surface area contributed by atoms with Crippen LogP contribution in [-0.2, 0) is 17.7 Å². The number of unbranched alkanes of at least 4 members (excludes halogenated alkanes) is 1. The van der Waals surface area contributed by atoms with Gasteiger partial charge < -0.3 is 21.1 Å². The number of ether oxygens (including phenoxy) is 1. The summed E-state index contributed by atoms with van der Waals surface area (Å²) in [6.45, 7) is 5.64. The number of aromatic nitrogens is 2. The van der Waals surface area contributed by atoms with E-state index in [1.807, 2.05) is 18.3 Å². The van der Waals surface area contributed by atoms with E-state index in [0.717, 1.165) is 53.5 Å². The van der Waals surface area contributed by atoms with Crippen molar-refractivity contribution in [3.63, 3.8) is 0 Å². The molecule has 1 amide bonds. The number of aryl methyl sites for hydroxylation is 1. The topological polar surface area (TPSA) is 126 Å². The Hall–Kier alpha value is -4.06. The van der Waals surface area contributed by atoms with Crippen molar-refractivity contribution >= 4 is 33.4 Å². The molecule has 0 aliphatic rings. The average molecular weight is 497 g/mol. The van der Waals surface area contributed by atoms with E-state index in [1.54, 1.807) is 18.3 Å². The summed E-state index contributed by atoms with van der Waals surface area (Å²) in [6, 6.07) is 15.8. The van der Waals surface area contributed by atoms with Crippen LogP contribution in [0.5, 0.6) is 0 Å². The van der Waals surface area contributed by atoms with Crippen LogP contribution in [-0.4, -0.2) is 42.2 Å². The van der Waals surface area contributed by atoms with E-state index in [4.69, 9.17) is 20.7 Å². The lowest BCUT2D eigenvalue weighted by Crippen LogP contribution is -2.16. The summed E-state index contributed by atoms with van der Waals surface area (Å²) in [7, 11) is 0. The Kier molecular flexibility index (Phi) is 8.98. The first kappa shape index (κ1) is 26.0. The molecule has 2 aromatic heterocycles. The number of hydrogen-bond donors (Lipinski definition) is 3. The number of pyridine rings is 2. The van der Waals surface area contributed by atoms with Gasteiger partial charge >= 0.3 is 0 Å². The van der Waals surface area contributed by atoms with E-state index in [1.165, 1.54) is 11.1 Å². The lowest BCUT2D eigenvalue weighted by Gasteiger charge is -2.12. The molecule has 0 aliphatic carbocycles. The molecule has 0 saturated heterocycles. The molecule has 190 valence electrons. The van der Waals surface area contributed by atoms with Crippen LogP contribution in [0.25, 0.3) is 21.7 Å². The third-order valence-corrected chi connectivity index (χ3v) is 6.12. The van der Waals surface area contributed by atoms with Crippen LogP contribution in [0.2, 0.25) is 0 Å². The zero-order valence-corrected chi connectivity index (χ0v) is 21.1. The number of rotatable bonds is 13. The van der Waals surface area contributed by atoms with E-state index in [-0.39, 0.29) is 0 Å². The molecule has 8 nitrogen and oxygen atoms in total. The largest absolute Gasteiger partial charge is 0.380 e. The van der Waals surface area contributed by atoms with E-state index >= 15 is 0 Å². The van der Waals surface area contributed by atoms with E-state index < -0.39 is 5.91 Å². The number of nitrogens with one attached hydrogen (secondary N) is 2. The Bertz CT molecular complexity index is 1430. The summed E-state index contributed by atoms with van der Waals surface area (Å²) < 4.78 is 5.81. The van der Waals surface area contributed by atoms with Crippen LogP contribution >= 0.6 is 0 Å².